The van der Waals surface area contributed by atoms with Crippen molar-refractivity contribution in [2.75, 3.05) is 19.5 Å². The summed E-state index contributed by atoms with van der Waals surface area (Å²) in [6, 6.07) is 16.6. The van der Waals surface area contributed by atoms with E-state index in [1.807, 2.05) is 53.9 Å². The zero-order valence-corrected chi connectivity index (χ0v) is 16.5. The van der Waals surface area contributed by atoms with Crippen molar-refractivity contribution < 1.29 is 18.8 Å². The summed E-state index contributed by atoms with van der Waals surface area (Å²) in [5.41, 5.74) is 3.04. The first-order chi connectivity index (χ1) is 14.2. The second-order valence-corrected chi connectivity index (χ2v) is 6.86. The number of ether oxygens (including phenoxy) is 2. The van der Waals surface area contributed by atoms with E-state index < -0.39 is 5.91 Å². The fourth-order valence-electron chi connectivity index (χ4n) is 2.75. The van der Waals surface area contributed by atoms with Crippen LogP contribution < -0.4 is 14.8 Å². The number of thiazole rings is 1. The third-order valence-electron chi connectivity index (χ3n) is 4.21. The molecule has 0 spiro atoms. The lowest BCUT2D eigenvalue weighted by Gasteiger charge is -2.08. The molecule has 0 atom stereocenters. The Balaban J connectivity index is 1.49. The van der Waals surface area contributed by atoms with Gasteiger partial charge in [-0.25, -0.2) is 4.98 Å². The first-order valence-electron chi connectivity index (χ1n) is 8.69. The van der Waals surface area contributed by atoms with Crippen molar-refractivity contribution in [1.82, 2.24) is 10.1 Å². The molecule has 0 bridgehead atoms. The molecule has 4 aromatic rings. The van der Waals surface area contributed by atoms with Crippen molar-refractivity contribution in [3.05, 3.63) is 65.7 Å². The number of anilines is 1. The van der Waals surface area contributed by atoms with Crippen molar-refractivity contribution in [3.8, 4) is 34.0 Å². The molecular weight excluding hydrogens is 390 g/mol. The number of nitrogens with one attached hydrogen (secondary N) is 1. The minimum atomic E-state index is -0.409. The number of carbonyl (C=O) groups is 1. The number of benzene rings is 2. The fourth-order valence-corrected chi connectivity index (χ4v) is 3.46. The fraction of sp³-hybridized carbons (Fsp3) is 0.0952. The van der Waals surface area contributed by atoms with Gasteiger partial charge in [0, 0.05) is 22.6 Å². The van der Waals surface area contributed by atoms with E-state index in [4.69, 9.17) is 14.0 Å². The van der Waals surface area contributed by atoms with E-state index in [-0.39, 0.29) is 5.76 Å². The molecule has 2 aromatic carbocycles. The van der Waals surface area contributed by atoms with Gasteiger partial charge < -0.3 is 14.0 Å². The summed E-state index contributed by atoms with van der Waals surface area (Å²) in [6.07, 6.45) is 0. The molecule has 1 N–H and O–H groups in total. The molecule has 0 radical (unpaired) electrons. The number of aromatic nitrogens is 2. The highest BCUT2D eigenvalue weighted by Crippen LogP contribution is 2.33. The van der Waals surface area contributed by atoms with E-state index in [0.717, 1.165) is 11.1 Å². The number of methoxy groups -OCH3 is 2. The lowest BCUT2D eigenvalue weighted by molar-refractivity contribution is 0.0988. The molecule has 0 aliphatic heterocycles. The summed E-state index contributed by atoms with van der Waals surface area (Å²) < 4.78 is 15.8. The normalized spacial score (nSPS) is 10.6. The zero-order valence-electron chi connectivity index (χ0n) is 15.7. The van der Waals surface area contributed by atoms with Crippen molar-refractivity contribution in [2.24, 2.45) is 0 Å². The van der Waals surface area contributed by atoms with Gasteiger partial charge in [0.1, 0.15) is 5.69 Å². The molecule has 2 aromatic heterocycles. The number of hydrogen-bond acceptors (Lipinski definition) is 7. The molecule has 0 saturated carbocycles. The van der Waals surface area contributed by atoms with E-state index in [1.54, 1.807) is 20.3 Å². The average molecular weight is 407 g/mol. The lowest BCUT2D eigenvalue weighted by Crippen LogP contribution is -2.10. The van der Waals surface area contributed by atoms with Crippen LogP contribution in [0, 0.1) is 0 Å². The molecule has 0 unspecified atom stereocenters. The average Bonchev–Trinajstić information content (AvgIpc) is 3.44. The maximum atomic E-state index is 12.5. The van der Waals surface area contributed by atoms with Crippen LogP contribution in [-0.4, -0.2) is 30.3 Å². The second-order valence-electron chi connectivity index (χ2n) is 6.00. The Morgan fingerprint density at radius 2 is 1.76 bits per heavy atom. The molecule has 7 nitrogen and oxygen atoms in total. The highest BCUT2D eigenvalue weighted by atomic mass is 32.1. The second kappa shape index (κ2) is 8.15. The van der Waals surface area contributed by atoms with Gasteiger partial charge in [-0.15, -0.1) is 11.3 Å². The molecule has 0 fully saturated rings. The van der Waals surface area contributed by atoms with Crippen LogP contribution in [0.5, 0.6) is 11.5 Å². The molecule has 0 aliphatic rings. The Morgan fingerprint density at radius 3 is 2.52 bits per heavy atom. The topological polar surface area (TPSA) is 86.5 Å². The third-order valence-corrected chi connectivity index (χ3v) is 4.97. The van der Waals surface area contributed by atoms with Gasteiger partial charge in [-0.3, -0.25) is 10.1 Å². The van der Waals surface area contributed by atoms with Crippen LogP contribution in [0.1, 0.15) is 10.6 Å². The number of amides is 1. The van der Waals surface area contributed by atoms with Crippen molar-refractivity contribution in [1.29, 1.82) is 0 Å². The maximum Gasteiger partial charge on any atom is 0.296 e. The van der Waals surface area contributed by atoms with Crippen LogP contribution in [0.2, 0.25) is 0 Å². The van der Waals surface area contributed by atoms with Crippen LogP contribution >= 0.6 is 11.3 Å². The van der Waals surface area contributed by atoms with Crippen molar-refractivity contribution in [3.63, 3.8) is 0 Å². The monoisotopic (exact) mass is 407 g/mol. The lowest BCUT2D eigenvalue weighted by atomic mass is 10.1. The van der Waals surface area contributed by atoms with Crippen LogP contribution in [0.3, 0.4) is 0 Å². The Bertz CT molecular complexity index is 1140. The van der Waals surface area contributed by atoms with E-state index in [9.17, 15) is 4.79 Å². The van der Waals surface area contributed by atoms with Gasteiger partial charge >= 0.3 is 0 Å². The molecule has 2 heterocycles. The molecule has 146 valence electrons. The SMILES string of the molecule is COc1ccc(-c2csc(NC(=O)c3cc(-c4ccccc4)no3)n2)cc1OC. The van der Waals surface area contributed by atoms with E-state index in [0.29, 0.717) is 28.0 Å². The summed E-state index contributed by atoms with van der Waals surface area (Å²) in [5.74, 6) is 0.956. The van der Waals surface area contributed by atoms with Gasteiger partial charge in [0.15, 0.2) is 16.6 Å². The quantitative estimate of drug-likeness (QED) is 0.497. The Labute approximate surface area is 170 Å². The predicted octanol–water partition coefficient (Wildman–Crippen LogP) is 4.73. The summed E-state index contributed by atoms with van der Waals surface area (Å²) in [4.78, 5) is 16.9. The van der Waals surface area contributed by atoms with Gasteiger partial charge in [-0.1, -0.05) is 35.5 Å². The zero-order chi connectivity index (χ0) is 20.2. The summed E-state index contributed by atoms with van der Waals surface area (Å²) in [7, 11) is 3.16. The van der Waals surface area contributed by atoms with Gasteiger partial charge in [0.2, 0.25) is 5.76 Å². The highest BCUT2D eigenvalue weighted by molar-refractivity contribution is 7.14. The number of hydrogen-bond donors (Lipinski definition) is 1. The highest BCUT2D eigenvalue weighted by Gasteiger charge is 2.16. The van der Waals surface area contributed by atoms with Crippen LogP contribution in [0.4, 0.5) is 5.13 Å². The smallest absolute Gasteiger partial charge is 0.296 e. The first kappa shape index (κ1) is 18.7. The van der Waals surface area contributed by atoms with Crippen LogP contribution in [0.15, 0.2) is 64.5 Å². The van der Waals surface area contributed by atoms with E-state index in [1.165, 1.54) is 11.3 Å². The van der Waals surface area contributed by atoms with Gasteiger partial charge in [-0.2, -0.15) is 0 Å². The van der Waals surface area contributed by atoms with Crippen LogP contribution in [0.25, 0.3) is 22.5 Å². The minimum absolute atomic E-state index is 0.117. The van der Waals surface area contributed by atoms with Crippen LogP contribution in [-0.2, 0) is 0 Å². The Hall–Kier alpha value is -3.65. The molecule has 4 rings (SSSR count). The molecule has 8 heteroatoms. The van der Waals surface area contributed by atoms with Gasteiger partial charge in [0.05, 0.1) is 19.9 Å². The van der Waals surface area contributed by atoms with E-state index >= 15 is 0 Å². The molecule has 29 heavy (non-hydrogen) atoms. The molecule has 1 amide bonds. The molecular formula is C21H17N3O4S. The number of carbonyl (C=O) groups excluding carboxylic acids is 1. The Morgan fingerprint density at radius 1 is 0.966 bits per heavy atom. The minimum Gasteiger partial charge on any atom is -0.493 e. The van der Waals surface area contributed by atoms with Gasteiger partial charge in [-0.05, 0) is 18.2 Å². The molecule has 0 saturated heterocycles. The summed E-state index contributed by atoms with van der Waals surface area (Å²) in [6.45, 7) is 0. The predicted molar refractivity (Wildman–Crippen MR) is 111 cm³/mol. The summed E-state index contributed by atoms with van der Waals surface area (Å²) in [5, 5.41) is 9.01. The molecule has 0 aliphatic carbocycles. The third kappa shape index (κ3) is 3.97. The largest absolute Gasteiger partial charge is 0.493 e. The maximum absolute atomic E-state index is 12.5. The van der Waals surface area contributed by atoms with Crippen molar-refractivity contribution in [2.45, 2.75) is 0 Å². The number of nitrogens with zero attached hydrogens (tertiary/aromatic N) is 2. The number of rotatable bonds is 6. The van der Waals surface area contributed by atoms with E-state index in [2.05, 4.69) is 15.5 Å². The Kier molecular flexibility index (Phi) is 5.26. The standard InChI is InChI=1S/C21H17N3O4S/c1-26-17-9-8-14(10-18(17)27-2)16-12-29-21(22-16)23-20(25)19-11-15(24-28-19)13-6-4-3-5-7-13/h3-12H,1-2H3,(H,22,23,25). The first-order valence-corrected chi connectivity index (χ1v) is 9.57. The summed E-state index contributed by atoms with van der Waals surface area (Å²) >= 11 is 1.32. The van der Waals surface area contributed by atoms with Crippen molar-refractivity contribution >= 4 is 22.4 Å². The van der Waals surface area contributed by atoms with Gasteiger partial charge in [0.25, 0.3) is 5.91 Å².